The highest BCUT2D eigenvalue weighted by Crippen LogP contribution is 2.31. The number of imide groups is 1. The van der Waals surface area contributed by atoms with E-state index in [4.69, 9.17) is 4.74 Å². The van der Waals surface area contributed by atoms with E-state index < -0.39 is 17.6 Å². The van der Waals surface area contributed by atoms with Crippen LogP contribution in [0, 0.1) is 5.82 Å². The molecule has 2 aromatic rings. The molecular weight excluding hydrogens is 409 g/mol. The Labute approximate surface area is 187 Å². The van der Waals surface area contributed by atoms with Crippen molar-refractivity contribution in [1.82, 2.24) is 4.90 Å². The molecule has 0 aromatic heterocycles. The number of carbonyl (C=O) groups excluding carboxylic acids is 2. The molecule has 0 radical (unpaired) electrons. The Hall–Kier alpha value is -3.19. The fourth-order valence-corrected chi connectivity index (χ4v) is 4.03. The summed E-state index contributed by atoms with van der Waals surface area (Å²) >= 11 is 0. The van der Waals surface area contributed by atoms with Gasteiger partial charge in [-0.1, -0.05) is 12.1 Å². The molecule has 6 nitrogen and oxygen atoms in total. The summed E-state index contributed by atoms with van der Waals surface area (Å²) in [6, 6.07) is 13.4. The SMILES string of the molecule is CC(C)OCCN1C(=O)C(Nc2ccc(N3CCCC3)cc2)=C(c2ccc(F)cc2)C1=O. The van der Waals surface area contributed by atoms with Crippen molar-refractivity contribution in [3.05, 3.63) is 65.6 Å². The number of halogens is 1. The standard InChI is InChI=1S/C25H28FN3O3/c1-17(2)32-16-15-29-24(30)22(18-5-7-19(26)8-6-18)23(25(29)31)27-20-9-11-21(12-10-20)28-13-3-4-14-28/h5-12,17,27H,3-4,13-16H2,1-2H3. The molecular formula is C25H28FN3O3. The van der Waals surface area contributed by atoms with Crippen LogP contribution >= 0.6 is 0 Å². The number of anilines is 2. The number of nitrogens with one attached hydrogen (secondary N) is 1. The van der Waals surface area contributed by atoms with Gasteiger partial charge in [0.2, 0.25) is 0 Å². The normalized spacial score (nSPS) is 16.6. The number of hydrogen-bond donors (Lipinski definition) is 1. The van der Waals surface area contributed by atoms with Crippen LogP contribution in [0.4, 0.5) is 15.8 Å². The lowest BCUT2D eigenvalue weighted by Gasteiger charge is -2.18. The lowest BCUT2D eigenvalue weighted by Crippen LogP contribution is -2.35. The largest absolute Gasteiger partial charge is 0.377 e. The van der Waals surface area contributed by atoms with Crippen LogP contribution in [0.1, 0.15) is 32.3 Å². The average molecular weight is 438 g/mol. The van der Waals surface area contributed by atoms with Crippen molar-refractivity contribution in [2.45, 2.75) is 32.8 Å². The molecule has 2 aliphatic heterocycles. The molecule has 2 heterocycles. The summed E-state index contributed by atoms with van der Waals surface area (Å²) in [4.78, 5) is 29.8. The maximum absolute atomic E-state index is 13.5. The highest BCUT2D eigenvalue weighted by molar-refractivity contribution is 6.36. The Bertz CT molecular complexity index is 1010. The zero-order valence-corrected chi connectivity index (χ0v) is 18.4. The summed E-state index contributed by atoms with van der Waals surface area (Å²) in [6.07, 6.45) is 2.39. The number of benzene rings is 2. The van der Waals surface area contributed by atoms with Gasteiger partial charge in [0.15, 0.2) is 0 Å². The number of carbonyl (C=O) groups is 2. The summed E-state index contributed by atoms with van der Waals surface area (Å²) < 4.78 is 19.0. The van der Waals surface area contributed by atoms with Crippen LogP contribution in [-0.2, 0) is 14.3 Å². The Morgan fingerprint density at radius 3 is 2.25 bits per heavy atom. The summed E-state index contributed by atoms with van der Waals surface area (Å²) in [6.45, 7) is 6.30. The average Bonchev–Trinajstić information content (AvgIpc) is 3.39. The highest BCUT2D eigenvalue weighted by Gasteiger charge is 2.39. The van der Waals surface area contributed by atoms with Crippen molar-refractivity contribution in [1.29, 1.82) is 0 Å². The molecule has 0 atom stereocenters. The summed E-state index contributed by atoms with van der Waals surface area (Å²) in [5.74, 6) is -1.23. The van der Waals surface area contributed by atoms with E-state index in [-0.39, 0.29) is 30.5 Å². The molecule has 1 saturated heterocycles. The van der Waals surface area contributed by atoms with Crippen LogP contribution in [0.15, 0.2) is 54.2 Å². The molecule has 0 unspecified atom stereocenters. The molecule has 0 aliphatic carbocycles. The zero-order valence-electron chi connectivity index (χ0n) is 18.4. The van der Waals surface area contributed by atoms with Crippen molar-refractivity contribution >= 4 is 28.8 Å². The van der Waals surface area contributed by atoms with Gasteiger partial charge in [-0.25, -0.2) is 4.39 Å². The first-order chi connectivity index (χ1) is 15.4. The Morgan fingerprint density at radius 2 is 1.62 bits per heavy atom. The maximum Gasteiger partial charge on any atom is 0.278 e. The second-order valence-corrected chi connectivity index (χ2v) is 8.30. The molecule has 2 aliphatic rings. The molecule has 32 heavy (non-hydrogen) atoms. The van der Waals surface area contributed by atoms with Gasteiger partial charge < -0.3 is 15.0 Å². The molecule has 4 rings (SSSR count). The summed E-state index contributed by atoms with van der Waals surface area (Å²) in [5, 5.41) is 3.15. The molecule has 2 amide bonds. The molecule has 0 saturated carbocycles. The van der Waals surface area contributed by atoms with Gasteiger partial charge >= 0.3 is 0 Å². The quantitative estimate of drug-likeness (QED) is 0.632. The second-order valence-electron chi connectivity index (χ2n) is 8.30. The predicted molar refractivity (Wildman–Crippen MR) is 123 cm³/mol. The Morgan fingerprint density at radius 1 is 0.969 bits per heavy atom. The van der Waals surface area contributed by atoms with Crippen LogP contribution in [0.25, 0.3) is 5.57 Å². The van der Waals surface area contributed by atoms with Gasteiger partial charge in [0, 0.05) is 24.5 Å². The minimum Gasteiger partial charge on any atom is -0.377 e. The van der Waals surface area contributed by atoms with E-state index in [1.165, 1.54) is 42.0 Å². The molecule has 168 valence electrons. The number of amides is 2. The maximum atomic E-state index is 13.5. The third kappa shape index (κ3) is 4.67. The number of hydrogen-bond acceptors (Lipinski definition) is 5. The van der Waals surface area contributed by atoms with Gasteiger partial charge in [-0.3, -0.25) is 14.5 Å². The van der Waals surface area contributed by atoms with Crippen LogP contribution in [0.3, 0.4) is 0 Å². The second kappa shape index (κ2) is 9.53. The van der Waals surface area contributed by atoms with Crippen molar-refractivity contribution in [3.8, 4) is 0 Å². The van der Waals surface area contributed by atoms with E-state index in [1.54, 1.807) is 0 Å². The van der Waals surface area contributed by atoms with E-state index in [2.05, 4.69) is 10.2 Å². The van der Waals surface area contributed by atoms with Crippen molar-refractivity contribution in [2.75, 3.05) is 36.5 Å². The van der Waals surface area contributed by atoms with E-state index in [1.807, 2.05) is 38.1 Å². The van der Waals surface area contributed by atoms with Crippen molar-refractivity contribution in [3.63, 3.8) is 0 Å². The van der Waals surface area contributed by atoms with E-state index in [0.717, 1.165) is 18.8 Å². The first-order valence-electron chi connectivity index (χ1n) is 11.0. The van der Waals surface area contributed by atoms with Crippen LogP contribution in [-0.4, -0.2) is 49.1 Å². The van der Waals surface area contributed by atoms with Gasteiger partial charge in [-0.2, -0.15) is 0 Å². The van der Waals surface area contributed by atoms with E-state index in [0.29, 0.717) is 11.3 Å². The first kappa shape index (κ1) is 22.0. The molecule has 0 bridgehead atoms. The Balaban J connectivity index is 1.60. The van der Waals surface area contributed by atoms with Crippen LogP contribution < -0.4 is 10.2 Å². The summed E-state index contributed by atoms with van der Waals surface area (Å²) in [7, 11) is 0. The molecule has 0 spiro atoms. The molecule has 7 heteroatoms. The first-order valence-corrected chi connectivity index (χ1v) is 11.0. The third-order valence-electron chi connectivity index (χ3n) is 5.67. The number of nitrogens with zero attached hydrogens (tertiary/aromatic N) is 2. The number of ether oxygens (including phenoxy) is 1. The minimum absolute atomic E-state index is 0.000877. The lowest BCUT2D eigenvalue weighted by atomic mass is 10.0. The van der Waals surface area contributed by atoms with Gasteiger partial charge in [0.05, 0.1) is 24.8 Å². The van der Waals surface area contributed by atoms with Crippen molar-refractivity contribution < 1.29 is 18.7 Å². The predicted octanol–water partition coefficient (Wildman–Crippen LogP) is 4.04. The fraction of sp³-hybridized carbons (Fsp3) is 0.360. The van der Waals surface area contributed by atoms with Gasteiger partial charge in [-0.15, -0.1) is 0 Å². The van der Waals surface area contributed by atoms with E-state index in [9.17, 15) is 14.0 Å². The fourth-order valence-electron chi connectivity index (χ4n) is 4.03. The molecule has 1 N–H and O–H groups in total. The van der Waals surface area contributed by atoms with E-state index >= 15 is 0 Å². The summed E-state index contributed by atoms with van der Waals surface area (Å²) in [5.41, 5.74) is 2.78. The van der Waals surface area contributed by atoms with Gasteiger partial charge in [-0.05, 0) is 68.7 Å². The smallest absolute Gasteiger partial charge is 0.278 e. The lowest BCUT2D eigenvalue weighted by molar-refractivity contribution is -0.137. The van der Waals surface area contributed by atoms with Crippen molar-refractivity contribution in [2.24, 2.45) is 0 Å². The van der Waals surface area contributed by atoms with Gasteiger partial charge in [0.25, 0.3) is 11.8 Å². The molecule has 1 fully saturated rings. The highest BCUT2D eigenvalue weighted by atomic mass is 19.1. The topological polar surface area (TPSA) is 61.9 Å². The van der Waals surface area contributed by atoms with Gasteiger partial charge in [0.1, 0.15) is 11.5 Å². The third-order valence-corrected chi connectivity index (χ3v) is 5.67. The number of rotatable bonds is 8. The van der Waals surface area contributed by atoms with Crippen LogP contribution in [0.5, 0.6) is 0 Å². The molecule has 2 aromatic carbocycles. The Kier molecular flexibility index (Phi) is 6.55. The van der Waals surface area contributed by atoms with Crippen LogP contribution in [0.2, 0.25) is 0 Å². The minimum atomic E-state index is -0.412. The monoisotopic (exact) mass is 437 g/mol. The zero-order chi connectivity index (χ0) is 22.7.